The molecule has 0 spiro atoms. The number of fused-ring (bicyclic) bond motifs is 2. The summed E-state index contributed by atoms with van der Waals surface area (Å²) in [6.45, 7) is 2.61. The number of nitrogens with one attached hydrogen (secondary N) is 1. The Bertz CT molecular complexity index is 594. The molecule has 2 saturated heterocycles. The molecule has 1 aromatic carbocycles. The van der Waals surface area contributed by atoms with Crippen molar-refractivity contribution >= 4 is 38.2 Å². The minimum Gasteiger partial charge on any atom is -0.310 e. The van der Waals surface area contributed by atoms with Gasteiger partial charge in [-0.05, 0) is 50.1 Å². The van der Waals surface area contributed by atoms with Crippen molar-refractivity contribution in [1.29, 1.82) is 0 Å². The molecule has 0 radical (unpaired) electrons. The van der Waals surface area contributed by atoms with E-state index < -0.39 is 9.84 Å². The summed E-state index contributed by atoms with van der Waals surface area (Å²) >= 11 is 3.33. The third-order valence-corrected chi connectivity index (χ3v) is 6.70. The zero-order valence-corrected chi connectivity index (χ0v) is 15.6. The van der Waals surface area contributed by atoms with Crippen LogP contribution in [0.2, 0.25) is 0 Å². The van der Waals surface area contributed by atoms with Crippen molar-refractivity contribution in [3.8, 4) is 0 Å². The standard InChI is InChI=1S/C15H21BrN2O2S.ClH/c16-12-1-5-15(6-2-12)21(19,20)10-9-18-8-7-13-3-4-14(11-18)17-13;/h1-2,5-6,13-14,17H,3-4,7-11H2;1H. The molecule has 2 aliphatic rings. The molecule has 2 aliphatic heterocycles. The number of nitrogens with zero attached hydrogens (tertiary/aromatic N) is 1. The highest BCUT2D eigenvalue weighted by atomic mass is 79.9. The highest BCUT2D eigenvalue weighted by Crippen LogP contribution is 2.21. The maximum atomic E-state index is 12.4. The lowest BCUT2D eigenvalue weighted by atomic mass is 10.1. The van der Waals surface area contributed by atoms with Gasteiger partial charge in [-0.1, -0.05) is 15.9 Å². The molecule has 22 heavy (non-hydrogen) atoms. The molecule has 2 bridgehead atoms. The van der Waals surface area contributed by atoms with Crippen LogP contribution in [-0.2, 0) is 9.84 Å². The summed E-state index contributed by atoms with van der Waals surface area (Å²) in [5, 5.41) is 3.62. The van der Waals surface area contributed by atoms with Crippen LogP contribution in [0, 0.1) is 0 Å². The highest BCUT2D eigenvalue weighted by Gasteiger charge is 2.29. The summed E-state index contributed by atoms with van der Waals surface area (Å²) in [7, 11) is -3.18. The zero-order valence-electron chi connectivity index (χ0n) is 12.4. The van der Waals surface area contributed by atoms with Crippen LogP contribution in [0.1, 0.15) is 19.3 Å². The third-order valence-electron chi connectivity index (χ3n) is 4.46. The molecule has 7 heteroatoms. The molecule has 3 rings (SSSR count). The highest BCUT2D eigenvalue weighted by molar-refractivity contribution is 9.10. The predicted octanol–water partition coefficient (Wildman–Crippen LogP) is 2.47. The molecule has 2 fully saturated rings. The number of rotatable bonds is 4. The number of likely N-dealkylation sites (tertiary alicyclic amines) is 1. The van der Waals surface area contributed by atoms with Crippen LogP contribution in [0.15, 0.2) is 33.6 Å². The van der Waals surface area contributed by atoms with Crippen LogP contribution in [0.25, 0.3) is 0 Å². The van der Waals surface area contributed by atoms with E-state index in [9.17, 15) is 8.42 Å². The second-order valence-electron chi connectivity index (χ2n) is 6.00. The zero-order chi connectivity index (χ0) is 14.9. The van der Waals surface area contributed by atoms with Crippen LogP contribution >= 0.6 is 28.3 Å². The lowest BCUT2D eigenvalue weighted by Gasteiger charge is -2.23. The Labute approximate surface area is 147 Å². The van der Waals surface area contributed by atoms with Crippen LogP contribution in [0.3, 0.4) is 0 Å². The Morgan fingerprint density at radius 2 is 1.82 bits per heavy atom. The predicted molar refractivity (Wildman–Crippen MR) is 94.4 cm³/mol. The molecule has 0 aliphatic carbocycles. The van der Waals surface area contributed by atoms with Gasteiger partial charge >= 0.3 is 0 Å². The Kier molecular flexibility index (Phi) is 6.30. The van der Waals surface area contributed by atoms with Gasteiger partial charge in [-0.2, -0.15) is 0 Å². The molecule has 4 nitrogen and oxygen atoms in total. The minimum absolute atomic E-state index is 0. The van der Waals surface area contributed by atoms with E-state index in [-0.39, 0.29) is 18.2 Å². The lowest BCUT2D eigenvalue weighted by Crippen LogP contribution is -2.37. The van der Waals surface area contributed by atoms with Crippen molar-refractivity contribution in [1.82, 2.24) is 10.2 Å². The summed E-state index contributed by atoms with van der Waals surface area (Å²) < 4.78 is 25.6. The summed E-state index contributed by atoms with van der Waals surface area (Å²) in [5.41, 5.74) is 0. The van der Waals surface area contributed by atoms with Crippen LogP contribution in [0.5, 0.6) is 0 Å². The molecular formula is C15H22BrClN2O2S. The van der Waals surface area contributed by atoms with E-state index in [1.54, 1.807) is 24.3 Å². The van der Waals surface area contributed by atoms with Gasteiger partial charge in [0.25, 0.3) is 0 Å². The van der Waals surface area contributed by atoms with Gasteiger partial charge in [0.05, 0.1) is 10.6 Å². The first-order valence-corrected chi connectivity index (χ1v) is 9.94. The summed E-state index contributed by atoms with van der Waals surface area (Å²) in [6, 6.07) is 8.09. The summed E-state index contributed by atoms with van der Waals surface area (Å²) in [6.07, 6.45) is 3.63. The van der Waals surface area contributed by atoms with Crippen molar-refractivity contribution in [2.24, 2.45) is 0 Å². The molecule has 124 valence electrons. The van der Waals surface area contributed by atoms with Crippen LogP contribution in [0.4, 0.5) is 0 Å². The van der Waals surface area contributed by atoms with Gasteiger partial charge in [-0.3, -0.25) is 0 Å². The first kappa shape index (κ1) is 18.2. The van der Waals surface area contributed by atoms with E-state index in [0.29, 0.717) is 23.5 Å². The number of halogens is 2. The Morgan fingerprint density at radius 3 is 2.55 bits per heavy atom. The molecule has 2 heterocycles. The maximum absolute atomic E-state index is 12.4. The van der Waals surface area contributed by atoms with Gasteiger partial charge in [0.2, 0.25) is 0 Å². The van der Waals surface area contributed by atoms with Crippen molar-refractivity contribution in [2.75, 3.05) is 25.4 Å². The number of hydrogen-bond donors (Lipinski definition) is 1. The Hall–Kier alpha value is -0.140. The van der Waals surface area contributed by atoms with E-state index in [0.717, 1.165) is 24.0 Å². The van der Waals surface area contributed by atoms with Crippen LogP contribution in [-0.4, -0.2) is 50.8 Å². The average Bonchev–Trinajstić information content (AvgIpc) is 2.78. The van der Waals surface area contributed by atoms with Crippen LogP contribution < -0.4 is 5.32 Å². The van der Waals surface area contributed by atoms with Crippen molar-refractivity contribution < 1.29 is 8.42 Å². The number of sulfone groups is 1. The second kappa shape index (κ2) is 7.62. The van der Waals surface area contributed by atoms with Gasteiger partial charge in [0.1, 0.15) is 0 Å². The Balaban J connectivity index is 0.00000176. The van der Waals surface area contributed by atoms with Crippen molar-refractivity contribution in [3.63, 3.8) is 0 Å². The van der Waals surface area contributed by atoms with E-state index in [4.69, 9.17) is 0 Å². The SMILES string of the molecule is Cl.O=S(=O)(CCN1CCC2CCC(C1)N2)c1ccc(Br)cc1. The number of benzene rings is 1. The molecule has 0 saturated carbocycles. The normalized spacial score (nSPS) is 25.5. The van der Waals surface area contributed by atoms with Gasteiger partial charge in [-0.15, -0.1) is 12.4 Å². The number of hydrogen-bond acceptors (Lipinski definition) is 4. The fraction of sp³-hybridized carbons (Fsp3) is 0.600. The maximum Gasteiger partial charge on any atom is 0.179 e. The van der Waals surface area contributed by atoms with E-state index >= 15 is 0 Å². The fourth-order valence-electron chi connectivity index (χ4n) is 3.23. The summed E-state index contributed by atoms with van der Waals surface area (Å²) in [4.78, 5) is 2.72. The molecular weight excluding hydrogens is 388 g/mol. The monoisotopic (exact) mass is 408 g/mol. The van der Waals surface area contributed by atoms with E-state index in [1.807, 2.05) is 0 Å². The Morgan fingerprint density at radius 1 is 1.14 bits per heavy atom. The topological polar surface area (TPSA) is 49.4 Å². The molecule has 1 aromatic rings. The first-order valence-electron chi connectivity index (χ1n) is 7.50. The van der Waals surface area contributed by atoms with Crippen molar-refractivity contribution in [2.45, 2.75) is 36.2 Å². The van der Waals surface area contributed by atoms with Gasteiger partial charge in [-0.25, -0.2) is 8.42 Å². The molecule has 2 atom stereocenters. The molecule has 0 aromatic heterocycles. The molecule has 2 unspecified atom stereocenters. The molecule has 0 amide bonds. The van der Waals surface area contributed by atoms with E-state index in [1.165, 1.54) is 12.8 Å². The first-order chi connectivity index (χ1) is 10.0. The second-order valence-corrected chi connectivity index (χ2v) is 9.02. The van der Waals surface area contributed by atoms with Crippen molar-refractivity contribution in [3.05, 3.63) is 28.7 Å². The quantitative estimate of drug-likeness (QED) is 0.830. The smallest absolute Gasteiger partial charge is 0.179 e. The fourth-order valence-corrected chi connectivity index (χ4v) is 4.78. The van der Waals surface area contributed by atoms with Gasteiger partial charge < -0.3 is 10.2 Å². The summed E-state index contributed by atoms with van der Waals surface area (Å²) in [5.74, 6) is 0.200. The third kappa shape index (κ3) is 4.45. The van der Waals surface area contributed by atoms with E-state index in [2.05, 4.69) is 26.1 Å². The average molecular weight is 410 g/mol. The minimum atomic E-state index is -3.18. The van der Waals surface area contributed by atoms with Gasteiger partial charge in [0.15, 0.2) is 9.84 Å². The largest absolute Gasteiger partial charge is 0.310 e. The van der Waals surface area contributed by atoms with Gasteiger partial charge in [0, 0.05) is 29.6 Å². The lowest BCUT2D eigenvalue weighted by molar-refractivity contribution is 0.273. The molecule has 1 N–H and O–H groups in total.